The van der Waals surface area contributed by atoms with Crippen molar-refractivity contribution in [2.75, 3.05) is 37.7 Å². The highest BCUT2D eigenvalue weighted by atomic mass is 32.1. The maximum absolute atomic E-state index is 13.0. The average molecular weight is 624 g/mol. The molecule has 2 heterocycles. The van der Waals surface area contributed by atoms with E-state index >= 15 is 0 Å². The van der Waals surface area contributed by atoms with Crippen molar-refractivity contribution in [3.63, 3.8) is 0 Å². The SMILES string of the molecule is COc1cc(Nc2nc(N)c(-c3nc(-c4cccc(NC(=O)Cc5cccc6ccccc56)c4)cs3)s2)cc(OC)c1OC. The molecule has 0 aliphatic carbocycles. The maximum Gasteiger partial charge on any atom is 0.228 e. The fourth-order valence-electron chi connectivity index (χ4n) is 4.91. The van der Waals surface area contributed by atoms with Gasteiger partial charge in [0.25, 0.3) is 0 Å². The minimum Gasteiger partial charge on any atom is -0.493 e. The number of nitrogens with one attached hydrogen (secondary N) is 2. The summed E-state index contributed by atoms with van der Waals surface area (Å²) in [6.07, 6.45) is 0.281. The summed E-state index contributed by atoms with van der Waals surface area (Å²) in [5.74, 6) is 1.84. The van der Waals surface area contributed by atoms with Crippen LogP contribution < -0.4 is 30.6 Å². The molecule has 44 heavy (non-hydrogen) atoms. The molecule has 0 unspecified atom stereocenters. The Morgan fingerprint density at radius 2 is 1.61 bits per heavy atom. The maximum atomic E-state index is 13.0. The second-order valence-corrected chi connectivity index (χ2v) is 11.6. The van der Waals surface area contributed by atoms with E-state index in [0.717, 1.165) is 37.5 Å². The number of carbonyl (C=O) groups is 1. The Bertz CT molecular complexity index is 1940. The van der Waals surface area contributed by atoms with Crippen molar-refractivity contribution >= 4 is 61.7 Å². The van der Waals surface area contributed by atoms with E-state index in [9.17, 15) is 4.79 Å². The summed E-state index contributed by atoms with van der Waals surface area (Å²) in [5, 5.41) is 11.8. The number of fused-ring (bicyclic) bond motifs is 1. The van der Waals surface area contributed by atoms with E-state index in [2.05, 4.69) is 27.8 Å². The van der Waals surface area contributed by atoms with E-state index in [1.165, 1.54) is 22.7 Å². The number of thiazole rings is 2. The predicted molar refractivity (Wildman–Crippen MR) is 179 cm³/mol. The molecule has 222 valence electrons. The third kappa shape index (κ3) is 6.01. The number of nitrogens with zero attached hydrogens (tertiary/aromatic N) is 2. The van der Waals surface area contributed by atoms with Gasteiger partial charge in [0.15, 0.2) is 16.6 Å². The van der Waals surface area contributed by atoms with E-state index < -0.39 is 0 Å². The highest BCUT2D eigenvalue weighted by molar-refractivity contribution is 7.23. The Kier molecular flexibility index (Phi) is 8.31. The Hall–Kier alpha value is -5.13. The molecule has 4 aromatic carbocycles. The van der Waals surface area contributed by atoms with Gasteiger partial charge in [-0.15, -0.1) is 11.3 Å². The van der Waals surface area contributed by atoms with Gasteiger partial charge >= 0.3 is 0 Å². The van der Waals surface area contributed by atoms with Crippen LogP contribution in [-0.4, -0.2) is 37.2 Å². The topological polar surface area (TPSA) is 121 Å². The summed E-state index contributed by atoms with van der Waals surface area (Å²) in [6.45, 7) is 0. The first-order valence-electron chi connectivity index (χ1n) is 13.6. The second-order valence-electron chi connectivity index (χ2n) is 9.75. The van der Waals surface area contributed by atoms with E-state index in [-0.39, 0.29) is 12.3 Å². The van der Waals surface area contributed by atoms with Crippen molar-refractivity contribution in [3.8, 4) is 38.4 Å². The highest BCUT2D eigenvalue weighted by Gasteiger charge is 2.18. The number of aromatic nitrogens is 2. The zero-order chi connectivity index (χ0) is 30.6. The minimum atomic E-state index is -0.0815. The van der Waals surface area contributed by atoms with Crippen LogP contribution in [0.3, 0.4) is 0 Å². The molecule has 1 amide bonds. The number of rotatable bonds is 10. The molecule has 0 saturated carbocycles. The fourth-order valence-corrected chi connectivity index (χ4v) is 6.74. The molecule has 2 aromatic heterocycles. The molecule has 0 fully saturated rings. The Balaban J connectivity index is 1.17. The summed E-state index contributed by atoms with van der Waals surface area (Å²) >= 11 is 2.88. The molecule has 11 heteroatoms. The van der Waals surface area contributed by atoms with Crippen LogP contribution in [-0.2, 0) is 11.2 Å². The van der Waals surface area contributed by atoms with Crippen LogP contribution in [0.2, 0.25) is 0 Å². The predicted octanol–water partition coefficient (Wildman–Crippen LogP) is 7.62. The van der Waals surface area contributed by atoms with Crippen molar-refractivity contribution < 1.29 is 19.0 Å². The normalized spacial score (nSPS) is 10.9. The lowest BCUT2D eigenvalue weighted by molar-refractivity contribution is -0.115. The number of hydrogen-bond donors (Lipinski definition) is 3. The van der Waals surface area contributed by atoms with Crippen LogP contribution in [0.1, 0.15) is 5.56 Å². The monoisotopic (exact) mass is 623 g/mol. The molecule has 6 aromatic rings. The van der Waals surface area contributed by atoms with Crippen molar-refractivity contribution in [2.24, 2.45) is 0 Å². The van der Waals surface area contributed by atoms with E-state index in [1.54, 1.807) is 33.5 Å². The highest BCUT2D eigenvalue weighted by Crippen LogP contribution is 2.43. The molecule has 0 bridgehead atoms. The van der Waals surface area contributed by atoms with Gasteiger partial charge in [0.2, 0.25) is 11.7 Å². The molecule has 9 nitrogen and oxygen atoms in total. The number of nitrogen functional groups attached to an aromatic ring is 1. The molecule has 0 radical (unpaired) electrons. The van der Waals surface area contributed by atoms with Gasteiger partial charge in [-0.2, -0.15) is 0 Å². The first-order chi connectivity index (χ1) is 21.4. The number of methoxy groups -OCH3 is 3. The standard InChI is InChI=1S/C33H29N5O4S2/c1-40-26-16-23(17-27(41-2)29(26)42-3)36-33-38-31(34)30(44-33)32-37-25(18-43-32)21-11-7-12-22(14-21)35-28(39)15-20-10-6-9-19-8-4-5-13-24(19)20/h4-14,16-18H,15,34H2,1-3H3,(H,35,39)(H,36,38). The smallest absolute Gasteiger partial charge is 0.228 e. The lowest BCUT2D eigenvalue weighted by atomic mass is 10.0. The summed E-state index contributed by atoms with van der Waals surface area (Å²) in [4.78, 5) is 23.1. The second kappa shape index (κ2) is 12.6. The largest absolute Gasteiger partial charge is 0.493 e. The molecule has 0 atom stereocenters. The molecule has 0 saturated heterocycles. The van der Waals surface area contributed by atoms with Crippen LogP contribution >= 0.6 is 22.7 Å². The number of hydrogen-bond acceptors (Lipinski definition) is 10. The van der Waals surface area contributed by atoms with Crippen molar-refractivity contribution in [2.45, 2.75) is 6.42 Å². The number of nitrogens with two attached hydrogens (primary N) is 1. The summed E-state index contributed by atoms with van der Waals surface area (Å²) in [6, 6.07) is 25.4. The Morgan fingerprint density at radius 3 is 2.39 bits per heavy atom. The molecular formula is C33H29N5O4S2. The Morgan fingerprint density at radius 1 is 0.864 bits per heavy atom. The lowest BCUT2D eigenvalue weighted by Gasteiger charge is -2.14. The van der Waals surface area contributed by atoms with Gasteiger partial charge in [-0.25, -0.2) is 9.97 Å². The van der Waals surface area contributed by atoms with Crippen molar-refractivity contribution in [1.29, 1.82) is 0 Å². The quantitative estimate of drug-likeness (QED) is 0.143. The zero-order valence-electron chi connectivity index (χ0n) is 24.2. The van der Waals surface area contributed by atoms with Gasteiger partial charge in [-0.05, 0) is 28.5 Å². The minimum absolute atomic E-state index is 0.0815. The number of benzene rings is 4. The third-order valence-corrected chi connectivity index (χ3v) is 8.92. The number of anilines is 4. The molecule has 4 N–H and O–H groups in total. The van der Waals surface area contributed by atoms with Crippen molar-refractivity contribution in [3.05, 3.63) is 89.8 Å². The van der Waals surface area contributed by atoms with Gasteiger partial charge in [0.05, 0.1) is 33.4 Å². The van der Waals surface area contributed by atoms with Crippen LogP contribution in [0.5, 0.6) is 17.2 Å². The third-order valence-electron chi connectivity index (χ3n) is 6.94. The number of amides is 1. The number of carbonyl (C=O) groups excluding carboxylic acids is 1. The van der Waals surface area contributed by atoms with Crippen LogP contribution in [0.25, 0.3) is 31.9 Å². The summed E-state index contributed by atoms with van der Waals surface area (Å²) in [5.41, 5.74) is 10.4. The molecule has 0 aliphatic heterocycles. The van der Waals surface area contributed by atoms with E-state index in [1.807, 2.05) is 60.0 Å². The molecule has 6 rings (SSSR count). The summed E-state index contributed by atoms with van der Waals surface area (Å²) < 4.78 is 16.3. The van der Waals surface area contributed by atoms with Crippen LogP contribution in [0.4, 0.5) is 22.3 Å². The van der Waals surface area contributed by atoms with Crippen molar-refractivity contribution in [1.82, 2.24) is 9.97 Å². The summed E-state index contributed by atoms with van der Waals surface area (Å²) in [7, 11) is 4.69. The average Bonchev–Trinajstić information content (AvgIpc) is 3.67. The zero-order valence-corrected chi connectivity index (χ0v) is 25.8. The fraction of sp³-hybridized carbons (Fsp3) is 0.121. The van der Waals surface area contributed by atoms with Gasteiger partial charge in [0, 0.05) is 34.5 Å². The molecular weight excluding hydrogens is 595 g/mol. The van der Waals surface area contributed by atoms with Gasteiger partial charge in [-0.3, -0.25) is 4.79 Å². The van der Waals surface area contributed by atoms with Crippen LogP contribution in [0.15, 0.2) is 84.2 Å². The molecule has 0 spiro atoms. The number of ether oxygens (including phenoxy) is 3. The lowest BCUT2D eigenvalue weighted by Crippen LogP contribution is -2.14. The Labute approximate surface area is 262 Å². The van der Waals surface area contributed by atoms with Gasteiger partial charge < -0.3 is 30.6 Å². The first-order valence-corrected chi connectivity index (χ1v) is 15.3. The van der Waals surface area contributed by atoms with Gasteiger partial charge in [-0.1, -0.05) is 65.9 Å². The van der Waals surface area contributed by atoms with E-state index in [4.69, 9.17) is 24.9 Å². The van der Waals surface area contributed by atoms with Gasteiger partial charge in [0.1, 0.15) is 15.7 Å². The molecule has 0 aliphatic rings. The van der Waals surface area contributed by atoms with Crippen LogP contribution in [0, 0.1) is 0 Å². The first kappa shape index (κ1) is 29.0. The van der Waals surface area contributed by atoms with E-state index in [0.29, 0.717) is 39.6 Å².